The SMILES string of the molecule is CC(C)(C)C(=O)ON1CC[C@H](N)C1. The van der Waals surface area contributed by atoms with E-state index >= 15 is 0 Å². The Morgan fingerprint density at radius 1 is 1.54 bits per heavy atom. The van der Waals surface area contributed by atoms with E-state index < -0.39 is 5.41 Å². The van der Waals surface area contributed by atoms with E-state index in [0.717, 1.165) is 13.0 Å². The maximum atomic E-state index is 11.4. The quantitative estimate of drug-likeness (QED) is 0.648. The van der Waals surface area contributed by atoms with E-state index in [1.807, 2.05) is 20.8 Å². The Kier molecular flexibility index (Phi) is 2.93. The molecule has 1 aliphatic heterocycles. The molecular formula is C9H18N2O2. The summed E-state index contributed by atoms with van der Waals surface area (Å²) >= 11 is 0. The molecule has 0 bridgehead atoms. The lowest BCUT2D eigenvalue weighted by molar-refractivity contribution is -0.195. The Hall–Kier alpha value is -0.610. The average molecular weight is 186 g/mol. The molecule has 0 radical (unpaired) electrons. The van der Waals surface area contributed by atoms with Crippen molar-refractivity contribution in [3.05, 3.63) is 0 Å². The Balaban J connectivity index is 2.37. The molecule has 1 saturated heterocycles. The third-order valence-electron chi connectivity index (χ3n) is 2.01. The predicted octanol–water partition coefficient (Wildman–Crippen LogP) is 0.524. The van der Waals surface area contributed by atoms with Crippen LogP contribution in [-0.2, 0) is 9.63 Å². The van der Waals surface area contributed by atoms with Crippen LogP contribution in [0.25, 0.3) is 0 Å². The number of hydroxylamine groups is 2. The minimum atomic E-state index is -0.438. The highest BCUT2D eigenvalue weighted by molar-refractivity contribution is 5.75. The van der Waals surface area contributed by atoms with E-state index in [9.17, 15) is 4.79 Å². The summed E-state index contributed by atoms with van der Waals surface area (Å²) in [6.45, 7) is 6.92. The zero-order valence-corrected chi connectivity index (χ0v) is 8.54. The van der Waals surface area contributed by atoms with Crippen molar-refractivity contribution in [2.75, 3.05) is 13.1 Å². The van der Waals surface area contributed by atoms with Gasteiger partial charge in [0, 0.05) is 12.6 Å². The second-order valence-electron chi connectivity index (χ2n) is 4.57. The maximum Gasteiger partial charge on any atom is 0.330 e. The molecule has 1 aliphatic rings. The van der Waals surface area contributed by atoms with E-state index in [-0.39, 0.29) is 12.0 Å². The topological polar surface area (TPSA) is 55.6 Å². The highest BCUT2D eigenvalue weighted by Crippen LogP contribution is 2.17. The van der Waals surface area contributed by atoms with Gasteiger partial charge >= 0.3 is 5.97 Å². The van der Waals surface area contributed by atoms with Crippen molar-refractivity contribution in [2.24, 2.45) is 11.1 Å². The van der Waals surface area contributed by atoms with Crippen molar-refractivity contribution >= 4 is 5.97 Å². The van der Waals surface area contributed by atoms with Crippen molar-refractivity contribution in [1.82, 2.24) is 5.06 Å². The zero-order chi connectivity index (χ0) is 10.1. The summed E-state index contributed by atoms with van der Waals surface area (Å²) in [5, 5.41) is 1.65. The van der Waals surface area contributed by atoms with Crippen molar-refractivity contribution in [1.29, 1.82) is 0 Å². The molecule has 1 fully saturated rings. The molecule has 0 aliphatic carbocycles. The Morgan fingerprint density at radius 2 is 2.15 bits per heavy atom. The fraction of sp³-hybridized carbons (Fsp3) is 0.889. The summed E-state index contributed by atoms with van der Waals surface area (Å²) in [6.07, 6.45) is 0.900. The molecule has 4 heteroatoms. The van der Waals surface area contributed by atoms with E-state index in [1.54, 1.807) is 5.06 Å². The highest BCUT2D eigenvalue weighted by Gasteiger charge is 2.28. The van der Waals surface area contributed by atoms with Crippen LogP contribution in [0.1, 0.15) is 27.2 Å². The normalized spacial score (nSPS) is 24.8. The molecule has 0 saturated carbocycles. The Bertz CT molecular complexity index is 198. The summed E-state index contributed by atoms with van der Waals surface area (Å²) in [6, 6.07) is 0.146. The second-order valence-corrected chi connectivity index (χ2v) is 4.57. The fourth-order valence-electron chi connectivity index (χ4n) is 1.09. The van der Waals surface area contributed by atoms with Crippen molar-refractivity contribution in [3.8, 4) is 0 Å². The first-order valence-electron chi connectivity index (χ1n) is 4.62. The van der Waals surface area contributed by atoms with Crippen LogP contribution in [0.2, 0.25) is 0 Å². The fourth-order valence-corrected chi connectivity index (χ4v) is 1.09. The third kappa shape index (κ3) is 2.97. The number of nitrogens with two attached hydrogens (primary N) is 1. The summed E-state index contributed by atoms with van der Waals surface area (Å²) in [4.78, 5) is 16.6. The van der Waals surface area contributed by atoms with Gasteiger partial charge in [0.2, 0.25) is 0 Å². The molecule has 1 rings (SSSR count). The summed E-state index contributed by atoms with van der Waals surface area (Å²) < 4.78 is 0. The maximum absolute atomic E-state index is 11.4. The molecule has 0 aromatic rings. The van der Waals surface area contributed by atoms with E-state index in [0.29, 0.717) is 6.54 Å². The van der Waals surface area contributed by atoms with Gasteiger partial charge in [-0.1, -0.05) is 0 Å². The van der Waals surface area contributed by atoms with E-state index in [2.05, 4.69) is 0 Å². The molecule has 4 nitrogen and oxygen atoms in total. The number of hydrogen-bond donors (Lipinski definition) is 1. The minimum Gasteiger partial charge on any atom is -0.367 e. The Morgan fingerprint density at radius 3 is 2.54 bits per heavy atom. The molecule has 2 N–H and O–H groups in total. The summed E-state index contributed by atoms with van der Waals surface area (Å²) in [5.74, 6) is -0.193. The largest absolute Gasteiger partial charge is 0.367 e. The van der Waals surface area contributed by atoms with Crippen LogP contribution in [-0.4, -0.2) is 30.2 Å². The number of rotatable bonds is 1. The molecule has 0 aromatic heterocycles. The standard InChI is InChI=1S/C9H18N2O2/c1-9(2,3)8(12)13-11-5-4-7(10)6-11/h7H,4-6,10H2,1-3H3/t7-/m0/s1. The predicted molar refractivity (Wildman–Crippen MR) is 49.7 cm³/mol. The lowest BCUT2D eigenvalue weighted by Gasteiger charge is -2.21. The molecule has 76 valence electrons. The minimum absolute atomic E-state index is 0.146. The first kappa shape index (κ1) is 10.5. The van der Waals surface area contributed by atoms with Gasteiger partial charge in [0.15, 0.2) is 0 Å². The monoisotopic (exact) mass is 186 g/mol. The Labute approximate surface area is 79.0 Å². The zero-order valence-electron chi connectivity index (χ0n) is 8.54. The third-order valence-corrected chi connectivity index (χ3v) is 2.01. The van der Waals surface area contributed by atoms with Gasteiger partial charge in [-0.15, -0.1) is 5.06 Å². The molecule has 0 aromatic carbocycles. The van der Waals surface area contributed by atoms with Crippen LogP contribution in [0.4, 0.5) is 0 Å². The van der Waals surface area contributed by atoms with Crippen LogP contribution in [0.15, 0.2) is 0 Å². The molecule has 1 atom stereocenters. The molecule has 13 heavy (non-hydrogen) atoms. The van der Waals surface area contributed by atoms with Crippen LogP contribution < -0.4 is 5.73 Å². The van der Waals surface area contributed by atoms with Gasteiger partial charge in [-0.25, -0.2) is 4.79 Å². The van der Waals surface area contributed by atoms with Crippen molar-refractivity contribution in [3.63, 3.8) is 0 Å². The van der Waals surface area contributed by atoms with Gasteiger partial charge in [-0.3, -0.25) is 0 Å². The number of carbonyl (C=O) groups is 1. The lowest BCUT2D eigenvalue weighted by Crippen LogP contribution is -2.33. The molecule has 1 heterocycles. The smallest absolute Gasteiger partial charge is 0.330 e. The van der Waals surface area contributed by atoms with Crippen LogP contribution in [0, 0.1) is 5.41 Å². The number of nitrogens with zero attached hydrogens (tertiary/aromatic N) is 1. The average Bonchev–Trinajstić information content (AvgIpc) is 2.33. The first-order chi connectivity index (χ1) is 5.89. The van der Waals surface area contributed by atoms with Gasteiger partial charge in [-0.2, -0.15) is 0 Å². The second kappa shape index (κ2) is 3.64. The van der Waals surface area contributed by atoms with E-state index in [1.165, 1.54) is 0 Å². The molecule has 0 amide bonds. The van der Waals surface area contributed by atoms with Gasteiger partial charge in [-0.05, 0) is 27.2 Å². The van der Waals surface area contributed by atoms with Gasteiger partial charge in [0.25, 0.3) is 0 Å². The molecule has 0 spiro atoms. The van der Waals surface area contributed by atoms with E-state index in [4.69, 9.17) is 10.6 Å². The van der Waals surface area contributed by atoms with Crippen LogP contribution in [0.5, 0.6) is 0 Å². The van der Waals surface area contributed by atoms with Crippen LogP contribution in [0.3, 0.4) is 0 Å². The van der Waals surface area contributed by atoms with Crippen molar-refractivity contribution in [2.45, 2.75) is 33.2 Å². The summed E-state index contributed by atoms with van der Waals surface area (Å²) in [7, 11) is 0. The highest BCUT2D eigenvalue weighted by atomic mass is 16.7. The first-order valence-corrected chi connectivity index (χ1v) is 4.62. The van der Waals surface area contributed by atoms with Gasteiger partial charge in [0.05, 0.1) is 12.0 Å². The molecule has 0 unspecified atom stereocenters. The number of hydrogen-bond acceptors (Lipinski definition) is 4. The van der Waals surface area contributed by atoms with Crippen molar-refractivity contribution < 1.29 is 9.63 Å². The van der Waals surface area contributed by atoms with Gasteiger partial charge in [0.1, 0.15) is 0 Å². The van der Waals surface area contributed by atoms with Gasteiger partial charge < -0.3 is 10.6 Å². The van der Waals surface area contributed by atoms with Crippen LogP contribution >= 0.6 is 0 Å². The molecular weight excluding hydrogens is 168 g/mol. The number of carbonyl (C=O) groups excluding carboxylic acids is 1. The lowest BCUT2D eigenvalue weighted by atomic mass is 9.98. The summed E-state index contributed by atoms with van der Waals surface area (Å²) in [5.41, 5.74) is 5.24.